The van der Waals surface area contributed by atoms with Gasteiger partial charge in [-0.15, -0.1) is 0 Å². The molecule has 0 atom stereocenters. The summed E-state index contributed by atoms with van der Waals surface area (Å²) in [7, 11) is 1.58. The van der Waals surface area contributed by atoms with Gasteiger partial charge in [-0.3, -0.25) is 13.9 Å². The quantitative estimate of drug-likeness (QED) is 0.336. The van der Waals surface area contributed by atoms with Crippen molar-refractivity contribution in [1.82, 2.24) is 24.1 Å². The molecule has 170 valence electrons. The van der Waals surface area contributed by atoms with Crippen LogP contribution >= 0.6 is 0 Å². The van der Waals surface area contributed by atoms with Gasteiger partial charge in [-0.05, 0) is 25.5 Å². The van der Waals surface area contributed by atoms with Crippen LogP contribution in [-0.4, -0.2) is 36.5 Å². The summed E-state index contributed by atoms with van der Waals surface area (Å²) in [5, 5.41) is 4.38. The standard InChI is InChI=1S/C22H16F5N5O/c1-10-19(32-8-12(23)7-16(26)21(32)28-10)22(33)31-4-3-13-17(9-31)29-30(2)20(13)11-5-14(24)18(27)15(25)6-11/h5-8H,3-4,9H2,1-2H3. The molecule has 0 unspecified atom stereocenters. The number of fused-ring (bicyclic) bond motifs is 2. The van der Waals surface area contributed by atoms with Crippen molar-refractivity contribution in [2.45, 2.75) is 19.9 Å². The van der Waals surface area contributed by atoms with Crippen molar-refractivity contribution in [3.05, 3.63) is 76.1 Å². The number of carbonyl (C=O) groups excluding carboxylic acids is 1. The molecule has 0 saturated carbocycles. The van der Waals surface area contributed by atoms with Crippen molar-refractivity contribution in [1.29, 1.82) is 0 Å². The molecule has 3 aromatic heterocycles. The third-order valence-corrected chi connectivity index (χ3v) is 5.76. The Morgan fingerprint density at radius 1 is 1.03 bits per heavy atom. The number of aromatic nitrogens is 4. The summed E-state index contributed by atoms with van der Waals surface area (Å²) < 4.78 is 71.3. The maximum atomic E-state index is 14.1. The van der Waals surface area contributed by atoms with E-state index in [1.807, 2.05) is 0 Å². The predicted octanol–water partition coefficient (Wildman–Crippen LogP) is 3.94. The van der Waals surface area contributed by atoms with E-state index in [1.165, 1.54) is 16.5 Å². The van der Waals surface area contributed by atoms with Crippen LogP contribution in [0.2, 0.25) is 0 Å². The normalized spacial score (nSPS) is 13.6. The molecule has 4 heterocycles. The molecular weight excluding hydrogens is 445 g/mol. The van der Waals surface area contributed by atoms with E-state index in [0.29, 0.717) is 29.4 Å². The van der Waals surface area contributed by atoms with Crippen LogP contribution in [0.3, 0.4) is 0 Å². The molecule has 1 aliphatic rings. The summed E-state index contributed by atoms with van der Waals surface area (Å²) in [6.07, 6.45) is 1.31. The Hall–Kier alpha value is -3.76. The van der Waals surface area contributed by atoms with E-state index in [9.17, 15) is 26.7 Å². The number of imidazole rings is 1. The van der Waals surface area contributed by atoms with Gasteiger partial charge in [-0.25, -0.2) is 26.9 Å². The molecule has 0 saturated heterocycles. The Kier molecular flexibility index (Phi) is 4.73. The van der Waals surface area contributed by atoms with Gasteiger partial charge < -0.3 is 4.90 Å². The topological polar surface area (TPSA) is 55.4 Å². The Labute approximate surface area is 183 Å². The van der Waals surface area contributed by atoms with Crippen LogP contribution in [-0.2, 0) is 20.0 Å². The third kappa shape index (κ3) is 3.26. The van der Waals surface area contributed by atoms with Crippen LogP contribution < -0.4 is 0 Å². The second kappa shape index (κ2) is 7.39. The van der Waals surface area contributed by atoms with Crippen molar-refractivity contribution >= 4 is 11.6 Å². The highest BCUT2D eigenvalue weighted by Crippen LogP contribution is 2.32. The van der Waals surface area contributed by atoms with Crippen molar-refractivity contribution in [3.8, 4) is 11.3 Å². The summed E-state index contributed by atoms with van der Waals surface area (Å²) in [6.45, 7) is 1.82. The molecule has 0 spiro atoms. The molecule has 6 nitrogen and oxygen atoms in total. The van der Waals surface area contributed by atoms with Crippen molar-refractivity contribution in [2.24, 2.45) is 7.05 Å². The molecule has 4 aromatic rings. The van der Waals surface area contributed by atoms with Crippen LogP contribution in [0.4, 0.5) is 22.0 Å². The zero-order valence-corrected chi connectivity index (χ0v) is 17.5. The summed E-state index contributed by atoms with van der Waals surface area (Å²) in [6, 6.07) is 2.50. The van der Waals surface area contributed by atoms with Gasteiger partial charge in [0.25, 0.3) is 5.91 Å². The lowest BCUT2D eigenvalue weighted by molar-refractivity contribution is 0.0724. The van der Waals surface area contributed by atoms with Crippen LogP contribution in [0.25, 0.3) is 16.9 Å². The van der Waals surface area contributed by atoms with Gasteiger partial charge in [0.05, 0.1) is 23.6 Å². The van der Waals surface area contributed by atoms with E-state index in [1.54, 1.807) is 7.05 Å². The first-order valence-corrected chi connectivity index (χ1v) is 9.98. The van der Waals surface area contributed by atoms with Crippen molar-refractivity contribution < 1.29 is 26.7 Å². The molecule has 11 heteroatoms. The fourth-order valence-corrected chi connectivity index (χ4v) is 4.34. The molecule has 1 aliphatic heterocycles. The van der Waals surface area contributed by atoms with E-state index in [4.69, 9.17) is 0 Å². The van der Waals surface area contributed by atoms with E-state index >= 15 is 0 Å². The van der Waals surface area contributed by atoms with E-state index in [-0.39, 0.29) is 35.7 Å². The second-order valence-electron chi connectivity index (χ2n) is 7.87. The highest BCUT2D eigenvalue weighted by molar-refractivity contribution is 5.95. The SMILES string of the molecule is Cc1nc2c(F)cc(F)cn2c1C(=O)N1CCc2c(nn(C)c2-c2cc(F)c(F)c(F)c2)C1. The Balaban J connectivity index is 1.51. The highest BCUT2D eigenvalue weighted by atomic mass is 19.2. The fourth-order valence-electron chi connectivity index (χ4n) is 4.34. The number of benzene rings is 1. The maximum Gasteiger partial charge on any atom is 0.273 e. The monoisotopic (exact) mass is 461 g/mol. The molecule has 0 aliphatic carbocycles. The van der Waals surface area contributed by atoms with Gasteiger partial charge in [0.15, 0.2) is 28.9 Å². The number of pyridine rings is 1. The number of carbonyl (C=O) groups is 1. The van der Waals surface area contributed by atoms with Crippen LogP contribution in [0.15, 0.2) is 24.4 Å². The summed E-state index contributed by atoms with van der Waals surface area (Å²) in [4.78, 5) is 18.8. The molecule has 0 radical (unpaired) electrons. The fraction of sp³-hybridized carbons (Fsp3) is 0.227. The van der Waals surface area contributed by atoms with Gasteiger partial charge in [-0.2, -0.15) is 5.10 Å². The van der Waals surface area contributed by atoms with Crippen LogP contribution in [0.5, 0.6) is 0 Å². The van der Waals surface area contributed by atoms with Crippen molar-refractivity contribution in [2.75, 3.05) is 6.54 Å². The van der Waals surface area contributed by atoms with Crippen molar-refractivity contribution in [3.63, 3.8) is 0 Å². The first-order valence-electron chi connectivity index (χ1n) is 9.98. The summed E-state index contributed by atoms with van der Waals surface area (Å²) >= 11 is 0. The molecule has 0 N–H and O–H groups in total. The summed E-state index contributed by atoms with van der Waals surface area (Å²) in [5.74, 6) is -6.39. The van der Waals surface area contributed by atoms with E-state index in [0.717, 1.165) is 22.7 Å². The average Bonchev–Trinajstić information content (AvgIpc) is 3.26. The first kappa shape index (κ1) is 21.1. The minimum absolute atomic E-state index is 0.0330. The first-order chi connectivity index (χ1) is 15.7. The Morgan fingerprint density at radius 2 is 1.73 bits per heavy atom. The number of rotatable bonds is 2. The molecule has 0 bridgehead atoms. The molecule has 0 fully saturated rings. The van der Waals surface area contributed by atoms with Gasteiger partial charge in [0.1, 0.15) is 11.5 Å². The lowest BCUT2D eigenvalue weighted by Gasteiger charge is -2.26. The Morgan fingerprint density at radius 3 is 2.42 bits per heavy atom. The molecule has 1 amide bonds. The number of hydrogen-bond donors (Lipinski definition) is 0. The van der Waals surface area contributed by atoms with E-state index < -0.39 is 35.0 Å². The minimum atomic E-state index is -1.55. The molecule has 33 heavy (non-hydrogen) atoms. The molecule has 1 aromatic carbocycles. The van der Waals surface area contributed by atoms with Gasteiger partial charge in [0, 0.05) is 37.0 Å². The maximum absolute atomic E-state index is 14.1. The average molecular weight is 461 g/mol. The zero-order chi connectivity index (χ0) is 23.6. The largest absolute Gasteiger partial charge is 0.331 e. The summed E-state index contributed by atoms with van der Waals surface area (Å²) in [5.41, 5.74) is 1.85. The second-order valence-corrected chi connectivity index (χ2v) is 7.87. The Bertz CT molecular complexity index is 1430. The molecular formula is C22H16F5N5O. The number of hydrogen-bond acceptors (Lipinski definition) is 3. The smallest absolute Gasteiger partial charge is 0.273 e. The lowest BCUT2D eigenvalue weighted by Crippen LogP contribution is -2.37. The third-order valence-electron chi connectivity index (χ3n) is 5.76. The predicted molar refractivity (Wildman–Crippen MR) is 107 cm³/mol. The van der Waals surface area contributed by atoms with Crippen LogP contribution in [0, 0.1) is 36.0 Å². The van der Waals surface area contributed by atoms with Gasteiger partial charge >= 0.3 is 0 Å². The minimum Gasteiger partial charge on any atom is -0.331 e. The van der Waals surface area contributed by atoms with Crippen LogP contribution in [0.1, 0.15) is 27.4 Å². The molecule has 5 rings (SSSR count). The van der Waals surface area contributed by atoms with Gasteiger partial charge in [-0.1, -0.05) is 0 Å². The highest BCUT2D eigenvalue weighted by Gasteiger charge is 2.31. The number of aryl methyl sites for hydroxylation is 2. The number of halogens is 5. The lowest BCUT2D eigenvalue weighted by atomic mass is 9.99. The van der Waals surface area contributed by atoms with E-state index in [2.05, 4.69) is 10.1 Å². The van der Waals surface area contributed by atoms with Gasteiger partial charge in [0.2, 0.25) is 0 Å². The number of nitrogens with zero attached hydrogens (tertiary/aromatic N) is 5. The zero-order valence-electron chi connectivity index (χ0n) is 17.5. The number of amides is 1.